The lowest BCUT2D eigenvalue weighted by Crippen LogP contribution is -2.42. The van der Waals surface area contributed by atoms with Crippen molar-refractivity contribution >= 4 is 11.8 Å². The van der Waals surface area contributed by atoms with E-state index in [4.69, 9.17) is 9.47 Å². The average Bonchev–Trinajstić information content (AvgIpc) is 2.72. The molecule has 0 spiro atoms. The first-order chi connectivity index (χ1) is 13.8. The molecule has 0 aliphatic carbocycles. The fourth-order valence-corrected chi connectivity index (χ4v) is 2.64. The van der Waals surface area contributed by atoms with E-state index in [-0.39, 0.29) is 17.2 Å². The largest absolute Gasteiger partial charge is 0.494 e. The summed E-state index contributed by atoms with van der Waals surface area (Å²) in [4.78, 5) is 24.7. The maximum atomic E-state index is 12.4. The Kier molecular flexibility index (Phi) is 8.07. The molecule has 0 bridgehead atoms. The van der Waals surface area contributed by atoms with Gasteiger partial charge in [0, 0.05) is 24.2 Å². The normalized spacial score (nSPS) is 10.9. The molecule has 2 rings (SSSR count). The molecule has 0 aromatic heterocycles. The van der Waals surface area contributed by atoms with Crippen molar-refractivity contribution in [2.75, 3.05) is 26.3 Å². The monoisotopic (exact) mass is 398 g/mol. The Bertz CT molecular complexity index is 731. The van der Waals surface area contributed by atoms with Crippen molar-refractivity contribution < 1.29 is 19.1 Å². The average molecular weight is 399 g/mol. The Morgan fingerprint density at radius 3 is 1.38 bits per heavy atom. The van der Waals surface area contributed by atoms with Gasteiger partial charge in [-0.2, -0.15) is 0 Å². The van der Waals surface area contributed by atoms with E-state index in [1.54, 1.807) is 48.5 Å². The van der Waals surface area contributed by atoms with Crippen molar-refractivity contribution in [1.29, 1.82) is 0 Å². The van der Waals surface area contributed by atoms with E-state index >= 15 is 0 Å². The van der Waals surface area contributed by atoms with Gasteiger partial charge in [-0.05, 0) is 67.8 Å². The van der Waals surface area contributed by atoms with Crippen LogP contribution in [0, 0.1) is 5.41 Å². The van der Waals surface area contributed by atoms with Crippen LogP contribution in [0.2, 0.25) is 0 Å². The van der Waals surface area contributed by atoms with Crippen LogP contribution in [-0.2, 0) is 0 Å². The minimum atomic E-state index is -0.304. The summed E-state index contributed by atoms with van der Waals surface area (Å²) in [5.74, 6) is 1.17. The second-order valence-corrected chi connectivity index (χ2v) is 7.44. The molecule has 2 amide bonds. The quantitative estimate of drug-likeness (QED) is 0.640. The molecule has 29 heavy (non-hydrogen) atoms. The van der Waals surface area contributed by atoms with Crippen molar-refractivity contribution in [3.8, 4) is 11.5 Å². The van der Waals surface area contributed by atoms with Gasteiger partial charge in [-0.25, -0.2) is 0 Å². The molecule has 0 atom stereocenters. The predicted octanol–water partition coefficient (Wildman–Crippen LogP) is 3.67. The second-order valence-electron chi connectivity index (χ2n) is 7.44. The topological polar surface area (TPSA) is 76.7 Å². The smallest absolute Gasteiger partial charge is 0.251 e. The summed E-state index contributed by atoms with van der Waals surface area (Å²) >= 11 is 0. The Morgan fingerprint density at radius 1 is 0.724 bits per heavy atom. The molecule has 0 aliphatic heterocycles. The highest BCUT2D eigenvalue weighted by molar-refractivity contribution is 5.95. The number of benzene rings is 2. The van der Waals surface area contributed by atoms with Gasteiger partial charge < -0.3 is 20.1 Å². The third-order valence-electron chi connectivity index (χ3n) is 4.31. The first kappa shape index (κ1) is 22.3. The lowest BCUT2D eigenvalue weighted by atomic mass is 9.93. The van der Waals surface area contributed by atoms with Gasteiger partial charge in [0.2, 0.25) is 0 Å². The van der Waals surface area contributed by atoms with Crippen LogP contribution in [-0.4, -0.2) is 38.1 Å². The molecule has 0 aliphatic rings. The number of amides is 2. The van der Waals surface area contributed by atoms with Gasteiger partial charge in [0.1, 0.15) is 11.5 Å². The van der Waals surface area contributed by atoms with Gasteiger partial charge in [-0.1, -0.05) is 13.8 Å². The zero-order valence-corrected chi connectivity index (χ0v) is 17.6. The number of hydrogen-bond acceptors (Lipinski definition) is 4. The molecule has 0 saturated heterocycles. The van der Waals surface area contributed by atoms with Crippen molar-refractivity contribution in [3.05, 3.63) is 59.7 Å². The molecule has 2 aromatic carbocycles. The van der Waals surface area contributed by atoms with Gasteiger partial charge in [0.25, 0.3) is 11.8 Å². The molecular formula is C23H30N2O4. The zero-order chi connectivity index (χ0) is 21.3. The lowest BCUT2D eigenvalue weighted by Gasteiger charge is -2.25. The number of ether oxygens (including phenoxy) is 2. The van der Waals surface area contributed by atoms with Gasteiger partial charge >= 0.3 is 0 Å². The van der Waals surface area contributed by atoms with Crippen LogP contribution in [0.25, 0.3) is 0 Å². The maximum absolute atomic E-state index is 12.4. The molecule has 6 nitrogen and oxygen atoms in total. The molecule has 0 heterocycles. The minimum absolute atomic E-state index is 0.154. The van der Waals surface area contributed by atoms with Crippen LogP contribution in [0.1, 0.15) is 48.4 Å². The Labute approximate surface area is 172 Å². The van der Waals surface area contributed by atoms with Crippen LogP contribution in [0.3, 0.4) is 0 Å². The highest BCUT2D eigenvalue weighted by Gasteiger charge is 2.21. The van der Waals surface area contributed by atoms with Crippen LogP contribution in [0.15, 0.2) is 48.5 Å². The highest BCUT2D eigenvalue weighted by Crippen LogP contribution is 2.16. The fourth-order valence-electron chi connectivity index (χ4n) is 2.64. The first-order valence-corrected chi connectivity index (χ1v) is 9.87. The van der Waals surface area contributed by atoms with Crippen LogP contribution < -0.4 is 20.1 Å². The standard InChI is InChI=1S/C23H30N2O4/c1-5-28-19-11-7-17(8-12-19)21(26)24-15-23(3,4)16-25-22(27)18-9-13-20(14-10-18)29-6-2/h7-14H,5-6,15-16H2,1-4H3,(H,24,26)(H,25,27). The number of nitrogens with one attached hydrogen (secondary N) is 2. The molecule has 0 saturated carbocycles. The van der Waals surface area contributed by atoms with Gasteiger partial charge in [-0.15, -0.1) is 0 Å². The predicted molar refractivity (Wildman–Crippen MR) is 114 cm³/mol. The maximum Gasteiger partial charge on any atom is 0.251 e. The van der Waals surface area contributed by atoms with Crippen LogP contribution in [0.5, 0.6) is 11.5 Å². The number of hydrogen-bond donors (Lipinski definition) is 2. The molecule has 2 aromatic rings. The number of carbonyl (C=O) groups is 2. The third kappa shape index (κ3) is 7.14. The minimum Gasteiger partial charge on any atom is -0.494 e. The summed E-state index contributed by atoms with van der Waals surface area (Å²) in [7, 11) is 0. The van der Waals surface area contributed by atoms with Crippen LogP contribution in [0.4, 0.5) is 0 Å². The van der Waals surface area contributed by atoms with Gasteiger partial charge in [0.05, 0.1) is 13.2 Å². The summed E-state index contributed by atoms with van der Waals surface area (Å²) in [5.41, 5.74) is 0.840. The molecule has 0 fully saturated rings. The molecule has 6 heteroatoms. The second kappa shape index (κ2) is 10.5. The van der Waals surface area contributed by atoms with Gasteiger partial charge in [0.15, 0.2) is 0 Å². The van der Waals surface area contributed by atoms with Crippen molar-refractivity contribution in [1.82, 2.24) is 10.6 Å². The summed E-state index contributed by atoms with van der Waals surface area (Å²) in [6.07, 6.45) is 0. The zero-order valence-electron chi connectivity index (χ0n) is 17.6. The Morgan fingerprint density at radius 2 is 1.07 bits per heavy atom. The fraction of sp³-hybridized carbons (Fsp3) is 0.391. The van der Waals surface area contributed by atoms with Crippen molar-refractivity contribution in [2.24, 2.45) is 5.41 Å². The van der Waals surface area contributed by atoms with Gasteiger partial charge in [-0.3, -0.25) is 9.59 Å². The Balaban J connectivity index is 1.82. The van der Waals surface area contributed by atoms with Crippen molar-refractivity contribution in [2.45, 2.75) is 27.7 Å². The first-order valence-electron chi connectivity index (χ1n) is 9.87. The summed E-state index contributed by atoms with van der Waals surface area (Å²) in [6, 6.07) is 14.1. The van der Waals surface area contributed by atoms with E-state index in [1.165, 1.54) is 0 Å². The summed E-state index contributed by atoms with van der Waals surface area (Å²) in [6.45, 7) is 9.85. The van der Waals surface area contributed by atoms with E-state index in [0.717, 1.165) is 11.5 Å². The number of rotatable bonds is 10. The van der Waals surface area contributed by atoms with E-state index < -0.39 is 0 Å². The lowest BCUT2D eigenvalue weighted by molar-refractivity contribution is 0.0920. The SMILES string of the molecule is CCOc1ccc(C(=O)NCC(C)(C)CNC(=O)c2ccc(OCC)cc2)cc1. The summed E-state index contributed by atoms with van der Waals surface area (Å²) in [5, 5.41) is 5.86. The molecular weight excluding hydrogens is 368 g/mol. The van der Waals surface area contributed by atoms with E-state index in [2.05, 4.69) is 10.6 Å². The Hall–Kier alpha value is -3.02. The molecule has 156 valence electrons. The van der Waals surface area contributed by atoms with Crippen molar-refractivity contribution in [3.63, 3.8) is 0 Å². The highest BCUT2D eigenvalue weighted by atomic mass is 16.5. The third-order valence-corrected chi connectivity index (χ3v) is 4.31. The van der Waals surface area contributed by atoms with E-state index in [1.807, 2.05) is 27.7 Å². The van der Waals surface area contributed by atoms with E-state index in [9.17, 15) is 9.59 Å². The molecule has 0 radical (unpaired) electrons. The molecule has 2 N–H and O–H groups in total. The number of carbonyl (C=O) groups excluding carboxylic acids is 2. The molecule has 0 unspecified atom stereocenters. The summed E-state index contributed by atoms with van der Waals surface area (Å²) < 4.78 is 10.8. The van der Waals surface area contributed by atoms with E-state index in [0.29, 0.717) is 37.4 Å². The van der Waals surface area contributed by atoms with Crippen LogP contribution >= 0.6 is 0 Å².